The van der Waals surface area contributed by atoms with Crippen LogP contribution in [0, 0.1) is 24.0 Å². The van der Waals surface area contributed by atoms with Crippen LogP contribution in [0.2, 0.25) is 0 Å². The molecule has 0 spiro atoms. The van der Waals surface area contributed by atoms with E-state index in [9.17, 15) is 14.9 Å². The van der Waals surface area contributed by atoms with E-state index in [1.165, 1.54) is 23.5 Å². The largest absolute Gasteiger partial charge is 0.312 e. The Morgan fingerprint density at radius 3 is 2.81 bits per heavy atom. The summed E-state index contributed by atoms with van der Waals surface area (Å²) in [7, 11) is 0. The van der Waals surface area contributed by atoms with Crippen LogP contribution >= 0.6 is 11.3 Å². The number of hydrogen-bond donors (Lipinski definition) is 0. The zero-order valence-corrected chi connectivity index (χ0v) is 15.2. The van der Waals surface area contributed by atoms with Crippen molar-refractivity contribution in [1.29, 1.82) is 0 Å². The Kier molecular flexibility index (Phi) is 4.81. The molecule has 0 saturated heterocycles. The van der Waals surface area contributed by atoms with Crippen molar-refractivity contribution >= 4 is 33.1 Å². The lowest BCUT2D eigenvalue weighted by molar-refractivity contribution is -0.385. The van der Waals surface area contributed by atoms with Crippen molar-refractivity contribution in [3.05, 3.63) is 80.7 Å². The fourth-order valence-corrected chi connectivity index (χ4v) is 3.91. The molecular formula is C19H17N3O3S. The van der Waals surface area contributed by atoms with E-state index in [1.54, 1.807) is 19.1 Å². The summed E-state index contributed by atoms with van der Waals surface area (Å²) in [5.41, 5.74) is 2.56. The first-order chi connectivity index (χ1) is 12.4. The molecule has 6 nitrogen and oxygen atoms in total. The molecule has 0 aliphatic carbocycles. The molecular weight excluding hydrogens is 350 g/mol. The molecule has 3 rings (SSSR count). The second kappa shape index (κ2) is 7.05. The summed E-state index contributed by atoms with van der Waals surface area (Å²) in [6.45, 7) is 7.85. The topological polar surface area (TPSA) is 77.5 Å². The van der Waals surface area contributed by atoms with Crippen molar-refractivity contribution in [2.45, 2.75) is 20.4 Å². The van der Waals surface area contributed by atoms with Crippen LogP contribution < -0.4 is 4.80 Å². The van der Waals surface area contributed by atoms with E-state index in [4.69, 9.17) is 0 Å². The number of benzene rings is 2. The molecule has 0 N–H and O–H groups in total. The number of carbonyl (C=O) groups excluding carboxylic acids is 1. The number of allylic oxidation sites excluding steroid dienone is 1. The normalized spacial score (nSPS) is 11.7. The Bertz CT molecular complexity index is 1110. The lowest BCUT2D eigenvalue weighted by Crippen LogP contribution is -2.16. The molecule has 1 aromatic heterocycles. The zero-order valence-electron chi connectivity index (χ0n) is 14.4. The molecule has 0 saturated carbocycles. The van der Waals surface area contributed by atoms with Crippen molar-refractivity contribution in [1.82, 2.24) is 4.57 Å². The first kappa shape index (κ1) is 17.8. The minimum atomic E-state index is -0.494. The first-order valence-corrected chi connectivity index (χ1v) is 8.78. The maximum absolute atomic E-state index is 12.7. The smallest absolute Gasteiger partial charge is 0.280 e. The third-order valence-electron chi connectivity index (χ3n) is 4.08. The van der Waals surface area contributed by atoms with Crippen LogP contribution in [-0.2, 0) is 6.54 Å². The van der Waals surface area contributed by atoms with Gasteiger partial charge >= 0.3 is 0 Å². The predicted molar refractivity (Wildman–Crippen MR) is 102 cm³/mol. The number of aryl methyl sites for hydroxylation is 1. The Morgan fingerprint density at radius 1 is 1.35 bits per heavy atom. The summed E-state index contributed by atoms with van der Waals surface area (Å²) in [6, 6.07) is 10.5. The van der Waals surface area contributed by atoms with Gasteiger partial charge in [-0.2, -0.15) is 4.99 Å². The van der Waals surface area contributed by atoms with Gasteiger partial charge in [-0.25, -0.2) is 0 Å². The van der Waals surface area contributed by atoms with Gasteiger partial charge < -0.3 is 4.57 Å². The van der Waals surface area contributed by atoms with Crippen LogP contribution in [0.1, 0.15) is 21.5 Å². The Balaban J connectivity index is 2.17. The summed E-state index contributed by atoms with van der Waals surface area (Å²) in [5.74, 6) is -0.493. The van der Waals surface area contributed by atoms with E-state index in [0.29, 0.717) is 16.9 Å². The van der Waals surface area contributed by atoms with Gasteiger partial charge in [0.1, 0.15) is 0 Å². The van der Waals surface area contributed by atoms with Crippen molar-refractivity contribution in [2.24, 2.45) is 4.99 Å². The molecule has 0 unspecified atom stereocenters. The van der Waals surface area contributed by atoms with E-state index >= 15 is 0 Å². The van der Waals surface area contributed by atoms with E-state index in [-0.39, 0.29) is 11.3 Å². The number of thiazole rings is 1. The highest BCUT2D eigenvalue weighted by Crippen LogP contribution is 2.22. The second-order valence-electron chi connectivity index (χ2n) is 5.88. The van der Waals surface area contributed by atoms with E-state index in [2.05, 4.69) is 11.6 Å². The number of carbonyl (C=O) groups is 1. The van der Waals surface area contributed by atoms with Crippen molar-refractivity contribution in [2.75, 3.05) is 0 Å². The number of aromatic nitrogens is 1. The van der Waals surface area contributed by atoms with Crippen LogP contribution in [0.3, 0.4) is 0 Å². The van der Waals surface area contributed by atoms with Gasteiger partial charge in [-0.3, -0.25) is 14.9 Å². The van der Waals surface area contributed by atoms with Gasteiger partial charge in [-0.1, -0.05) is 29.5 Å². The number of hydrogen-bond acceptors (Lipinski definition) is 4. The Labute approximate surface area is 153 Å². The third-order valence-corrected chi connectivity index (χ3v) is 5.12. The van der Waals surface area contributed by atoms with Gasteiger partial charge in [0.2, 0.25) is 0 Å². The second-order valence-corrected chi connectivity index (χ2v) is 6.89. The quantitative estimate of drug-likeness (QED) is 0.395. The molecule has 1 heterocycles. The van der Waals surface area contributed by atoms with Crippen LogP contribution in [0.25, 0.3) is 10.2 Å². The minimum Gasteiger partial charge on any atom is -0.312 e. The SMILES string of the molecule is C=CCn1c(=NC(=O)c2cccc([N+](=O)[O-])c2C)sc2cc(C)ccc21. The number of rotatable bonds is 4. The molecule has 26 heavy (non-hydrogen) atoms. The number of amides is 1. The molecule has 3 aromatic rings. The van der Waals surface area contributed by atoms with Crippen LogP contribution in [0.4, 0.5) is 5.69 Å². The van der Waals surface area contributed by atoms with Gasteiger partial charge in [0.15, 0.2) is 4.80 Å². The summed E-state index contributed by atoms with van der Waals surface area (Å²) in [6.07, 6.45) is 1.74. The standard InChI is InChI=1S/C19H17N3O3S/c1-4-10-21-16-9-8-12(2)11-17(16)26-19(21)20-18(23)14-6-5-7-15(13(14)3)22(24)25/h4-9,11H,1,10H2,2-3H3. The van der Waals surface area contributed by atoms with Gasteiger partial charge in [0.25, 0.3) is 11.6 Å². The molecule has 7 heteroatoms. The van der Waals surface area contributed by atoms with Gasteiger partial charge in [0.05, 0.1) is 20.7 Å². The highest BCUT2D eigenvalue weighted by atomic mass is 32.1. The maximum atomic E-state index is 12.7. The molecule has 0 atom stereocenters. The van der Waals surface area contributed by atoms with Crippen LogP contribution in [-0.4, -0.2) is 15.4 Å². The van der Waals surface area contributed by atoms with Crippen LogP contribution in [0.5, 0.6) is 0 Å². The number of nitro groups is 1. The lowest BCUT2D eigenvalue weighted by atomic mass is 10.1. The predicted octanol–water partition coefficient (Wildman–Crippen LogP) is 4.15. The van der Waals surface area contributed by atoms with E-state index in [0.717, 1.165) is 15.8 Å². The van der Waals surface area contributed by atoms with E-state index in [1.807, 2.05) is 29.7 Å². The summed E-state index contributed by atoms with van der Waals surface area (Å²) in [4.78, 5) is 28.1. The number of nitro benzene ring substituents is 1. The Hall–Kier alpha value is -3.06. The highest BCUT2D eigenvalue weighted by Gasteiger charge is 2.18. The molecule has 0 fully saturated rings. The van der Waals surface area contributed by atoms with Crippen molar-refractivity contribution in [3.63, 3.8) is 0 Å². The molecule has 0 radical (unpaired) electrons. The Morgan fingerprint density at radius 2 is 2.12 bits per heavy atom. The average Bonchev–Trinajstić information content (AvgIpc) is 2.91. The van der Waals surface area contributed by atoms with Crippen molar-refractivity contribution in [3.8, 4) is 0 Å². The fourth-order valence-electron chi connectivity index (χ4n) is 2.77. The summed E-state index contributed by atoms with van der Waals surface area (Å²) < 4.78 is 2.94. The third kappa shape index (κ3) is 3.21. The lowest BCUT2D eigenvalue weighted by Gasteiger charge is -2.03. The first-order valence-electron chi connectivity index (χ1n) is 7.96. The molecule has 0 bridgehead atoms. The molecule has 132 valence electrons. The molecule has 2 aromatic carbocycles. The fraction of sp³-hybridized carbons (Fsp3) is 0.158. The molecule has 0 aliphatic rings. The average molecular weight is 367 g/mol. The van der Waals surface area contributed by atoms with E-state index < -0.39 is 10.8 Å². The highest BCUT2D eigenvalue weighted by molar-refractivity contribution is 7.16. The monoisotopic (exact) mass is 367 g/mol. The summed E-state index contributed by atoms with van der Waals surface area (Å²) in [5, 5.41) is 11.1. The van der Waals surface area contributed by atoms with Gasteiger partial charge in [-0.15, -0.1) is 6.58 Å². The van der Waals surface area contributed by atoms with Gasteiger partial charge in [-0.05, 0) is 37.6 Å². The zero-order chi connectivity index (χ0) is 18.8. The maximum Gasteiger partial charge on any atom is 0.280 e. The number of fused-ring (bicyclic) bond motifs is 1. The molecule has 0 aliphatic heterocycles. The van der Waals surface area contributed by atoms with Crippen LogP contribution in [0.15, 0.2) is 54.0 Å². The van der Waals surface area contributed by atoms with Crippen molar-refractivity contribution < 1.29 is 9.72 Å². The molecule has 1 amide bonds. The minimum absolute atomic E-state index is 0.0861. The number of nitrogens with zero attached hydrogens (tertiary/aromatic N) is 3. The van der Waals surface area contributed by atoms with Gasteiger partial charge in [0, 0.05) is 18.2 Å². The summed E-state index contributed by atoms with van der Waals surface area (Å²) >= 11 is 1.41.